The first-order valence-corrected chi connectivity index (χ1v) is 6.84. The second-order valence-electron chi connectivity index (χ2n) is 3.67. The van der Waals surface area contributed by atoms with Crippen molar-refractivity contribution in [2.75, 3.05) is 0 Å². The van der Waals surface area contributed by atoms with Crippen LogP contribution in [0.2, 0.25) is 0 Å². The van der Waals surface area contributed by atoms with Crippen LogP contribution in [0.15, 0.2) is 39.8 Å². The summed E-state index contributed by atoms with van der Waals surface area (Å²) in [6, 6.07) is 4.62. The third-order valence-electron chi connectivity index (χ3n) is 2.42. The number of nitrogens with zero attached hydrogens (tertiary/aromatic N) is 1. The summed E-state index contributed by atoms with van der Waals surface area (Å²) in [7, 11) is 0. The van der Waals surface area contributed by atoms with Crippen molar-refractivity contribution in [1.82, 2.24) is 10.3 Å². The fourth-order valence-corrected chi connectivity index (χ4v) is 2.63. The van der Waals surface area contributed by atoms with Gasteiger partial charge in [0.15, 0.2) is 0 Å². The molecule has 84 valence electrons. The van der Waals surface area contributed by atoms with Crippen LogP contribution in [0.25, 0.3) is 0 Å². The zero-order valence-electron chi connectivity index (χ0n) is 8.98. The Hall–Kier alpha value is -0.710. The molecule has 4 heteroatoms. The van der Waals surface area contributed by atoms with Crippen LogP contribution in [0, 0.1) is 0 Å². The van der Waals surface area contributed by atoms with Crippen LogP contribution < -0.4 is 5.32 Å². The van der Waals surface area contributed by atoms with E-state index in [1.165, 1.54) is 11.1 Å². The van der Waals surface area contributed by atoms with Gasteiger partial charge in [-0.1, -0.05) is 0 Å². The molecule has 0 radical (unpaired) electrons. The summed E-state index contributed by atoms with van der Waals surface area (Å²) in [6.07, 6.45) is 3.68. The molecule has 0 amide bonds. The fourth-order valence-electron chi connectivity index (χ4n) is 1.46. The van der Waals surface area contributed by atoms with E-state index < -0.39 is 0 Å². The number of halogens is 1. The molecule has 0 aliphatic carbocycles. The van der Waals surface area contributed by atoms with E-state index in [4.69, 9.17) is 0 Å². The lowest BCUT2D eigenvalue weighted by Crippen LogP contribution is -2.17. The van der Waals surface area contributed by atoms with E-state index in [0.717, 1.165) is 11.0 Å². The van der Waals surface area contributed by atoms with Crippen molar-refractivity contribution in [3.05, 3.63) is 50.9 Å². The molecular formula is C12H13BrN2S. The van der Waals surface area contributed by atoms with Crippen LogP contribution in [0.3, 0.4) is 0 Å². The molecule has 0 bridgehead atoms. The Kier molecular flexibility index (Phi) is 4.09. The highest BCUT2D eigenvalue weighted by molar-refractivity contribution is 9.10. The highest BCUT2D eigenvalue weighted by Crippen LogP contribution is 2.16. The van der Waals surface area contributed by atoms with Crippen molar-refractivity contribution < 1.29 is 0 Å². The summed E-state index contributed by atoms with van der Waals surface area (Å²) in [5.74, 6) is 0. The number of nitrogens with one attached hydrogen (secondary N) is 1. The molecule has 0 saturated carbocycles. The van der Waals surface area contributed by atoms with Gasteiger partial charge in [-0.05, 0) is 56.9 Å². The van der Waals surface area contributed by atoms with E-state index in [0.29, 0.717) is 6.04 Å². The lowest BCUT2D eigenvalue weighted by molar-refractivity contribution is 0.575. The van der Waals surface area contributed by atoms with Crippen molar-refractivity contribution >= 4 is 27.3 Å². The monoisotopic (exact) mass is 296 g/mol. The topological polar surface area (TPSA) is 24.9 Å². The molecule has 2 nitrogen and oxygen atoms in total. The standard InChI is InChI=1S/C12H13BrN2S/c1-9(11-2-3-16-8-11)15-6-10-4-12(13)7-14-5-10/h2-5,7-9,15H,6H2,1H3. The summed E-state index contributed by atoms with van der Waals surface area (Å²) in [5, 5.41) is 7.76. The third-order valence-corrected chi connectivity index (χ3v) is 3.55. The summed E-state index contributed by atoms with van der Waals surface area (Å²) >= 11 is 5.15. The Bertz CT molecular complexity index is 442. The highest BCUT2D eigenvalue weighted by Gasteiger charge is 2.04. The summed E-state index contributed by atoms with van der Waals surface area (Å²) < 4.78 is 1.02. The minimum Gasteiger partial charge on any atom is -0.306 e. The van der Waals surface area contributed by atoms with Gasteiger partial charge < -0.3 is 5.32 Å². The first-order chi connectivity index (χ1) is 7.75. The summed E-state index contributed by atoms with van der Waals surface area (Å²) in [4.78, 5) is 4.14. The van der Waals surface area contributed by atoms with Gasteiger partial charge in [0.2, 0.25) is 0 Å². The molecule has 0 aliphatic rings. The van der Waals surface area contributed by atoms with Crippen LogP contribution >= 0.6 is 27.3 Å². The smallest absolute Gasteiger partial charge is 0.0410 e. The van der Waals surface area contributed by atoms with Gasteiger partial charge in [0.05, 0.1) is 0 Å². The van der Waals surface area contributed by atoms with Crippen molar-refractivity contribution in [2.45, 2.75) is 19.5 Å². The predicted molar refractivity (Wildman–Crippen MR) is 71.5 cm³/mol. The molecule has 0 saturated heterocycles. The fraction of sp³-hybridized carbons (Fsp3) is 0.250. The quantitative estimate of drug-likeness (QED) is 0.929. The Labute approximate surface area is 108 Å². The largest absolute Gasteiger partial charge is 0.306 e. The number of pyridine rings is 1. The molecule has 2 heterocycles. The van der Waals surface area contributed by atoms with E-state index in [2.05, 4.69) is 56.0 Å². The molecule has 0 spiro atoms. The van der Waals surface area contributed by atoms with Gasteiger partial charge in [-0.2, -0.15) is 11.3 Å². The number of hydrogen-bond acceptors (Lipinski definition) is 3. The van der Waals surface area contributed by atoms with Crippen molar-refractivity contribution in [3.63, 3.8) is 0 Å². The van der Waals surface area contributed by atoms with Crippen LogP contribution in [0.4, 0.5) is 0 Å². The van der Waals surface area contributed by atoms with Crippen LogP contribution in [0.1, 0.15) is 24.1 Å². The minimum atomic E-state index is 0.380. The average molecular weight is 297 g/mol. The Morgan fingerprint density at radius 2 is 2.38 bits per heavy atom. The van der Waals surface area contributed by atoms with Crippen molar-refractivity contribution in [3.8, 4) is 0 Å². The second kappa shape index (κ2) is 5.57. The third kappa shape index (κ3) is 3.14. The molecule has 2 aromatic heterocycles. The van der Waals surface area contributed by atoms with E-state index in [9.17, 15) is 0 Å². The number of aromatic nitrogens is 1. The minimum absolute atomic E-state index is 0.380. The number of rotatable bonds is 4. The van der Waals surface area contributed by atoms with E-state index >= 15 is 0 Å². The van der Waals surface area contributed by atoms with E-state index in [1.54, 1.807) is 17.5 Å². The molecule has 1 atom stereocenters. The molecule has 2 rings (SSSR count). The zero-order valence-corrected chi connectivity index (χ0v) is 11.4. The molecule has 0 aliphatic heterocycles. The lowest BCUT2D eigenvalue weighted by atomic mass is 10.2. The molecule has 0 aromatic carbocycles. The van der Waals surface area contributed by atoms with Crippen LogP contribution in [-0.4, -0.2) is 4.98 Å². The highest BCUT2D eigenvalue weighted by atomic mass is 79.9. The first kappa shape index (κ1) is 11.8. The van der Waals surface area contributed by atoms with Gasteiger partial charge in [0.1, 0.15) is 0 Å². The Morgan fingerprint density at radius 3 is 3.06 bits per heavy atom. The van der Waals surface area contributed by atoms with Crippen molar-refractivity contribution in [2.24, 2.45) is 0 Å². The average Bonchev–Trinajstić information content (AvgIpc) is 2.79. The van der Waals surface area contributed by atoms with Gasteiger partial charge in [-0.25, -0.2) is 0 Å². The first-order valence-electron chi connectivity index (χ1n) is 5.10. The second-order valence-corrected chi connectivity index (χ2v) is 5.37. The van der Waals surface area contributed by atoms with Gasteiger partial charge in [0, 0.05) is 29.5 Å². The SMILES string of the molecule is CC(NCc1cncc(Br)c1)c1ccsc1. The maximum Gasteiger partial charge on any atom is 0.0410 e. The predicted octanol–water partition coefficient (Wildman–Crippen LogP) is 3.76. The molecule has 1 N–H and O–H groups in total. The maximum absolute atomic E-state index is 4.14. The molecular weight excluding hydrogens is 284 g/mol. The zero-order chi connectivity index (χ0) is 11.4. The van der Waals surface area contributed by atoms with Gasteiger partial charge in [0.25, 0.3) is 0 Å². The van der Waals surface area contributed by atoms with Gasteiger partial charge in [-0.15, -0.1) is 0 Å². The number of thiophene rings is 1. The van der Waals surface area contributed by atoms with Gasteiger partial charge in [-0.3, -0.25) is 4.98 Å². The molecule has 16 heavy (non-hydrogen) atoms. The molecule has 0 fully saturated rings. The maximum atomic E-state index is 4.14. The molecule has 2 aromatic rings. The van der Waals surface area contributed by atoms with E-state index in [1.807, 2.05) is 6.20 Å². The Morgan fingerprint density at radius 1 is 1.50 bits per heavy atom. The van der Waals surface area contributed by atoms with Crippen molar-refractivity contribution in [1.29, 1.82) is 0 Å². The Balaban J connectivity index is 1.92. The van der Waals surface area contributed by atoms with Gasteiger partial charge >= 0.3 is 0 Å². The van der Waals surface area contributed by atoms with Crippen LogP contribution in [0.5, 0.6) is 0 Å². The van der Waals surface area contributed by atoms with Crippen LogP contribution in [-0.2, 0) is 6.54 Å². The molecule has 1 unspecified atom stereocenters. The van der Waals surface area contributed by atoms with E-state index in [-0.39, 0.29) is 0 Å². The summed E-state index contributed by atoms with van der Waals surface area (Å²) in [5.41, 5.74) is 2.53. The lowest BCUT2D eigenvalue weighted by Gasteiger charge is -2.12. The normalized spacial score (nSPS) is 12.6. The summed E-state index contributed by atoms with van der Waals surface area (Å²) in [6.45, 7) is 3.01. The number of hydrogen-bond donors (Lipinski definition) is 1.